The standard InChI is InChI=1S/C7H16N2O2S2/c1-6(2)3-4-9-13(10,11)5-7(8)12/h6,9H,3-5H2,1-2H3,(H2,8,12). The van der Waals surface area contributed by atoms with Gasteiger partial charge in [-0.15, -0.1) is 0 Å². The van der Waals surface area contributed by atoms with Crippen LogP contribution >= 0.6 is 12.2 Å². The molecule has 0 spiro atoms. The van der Waals surface area contributed by atoms with Gasteiger partial charge in [0, 0.05) is 6.54 Å². The van der Waals surface area contributed by atoms with Crippen LogP contribution in [-0.4, -0.2) is 25.7 Å². The summed E-state index contributed by atoms with van der Waals surface area (Å²) < 4.78 is 24.7. The molecule has 13 heavy (non-hydrogen) atoms. The monoisotopic (exact) mass is 224 g/mol. The summed E-state index contributed by atoms with van der Waals surface area (Å²) in [5.41, 5.74) is 5.12. The highest BCUT2D eigenvalue weighted by Crippen LogP contribution is 1.97. The molecule has 0 amide bonds. The van der Waals surface area contributed by atoms with Gasteiger partial charge in [0.25, 0.3) is 0 Å². The number of sulfonamides is 1. The Morgan fingerprint density at radius 1 is 1.54 bits per heavy atom. The molecule has 0 aliphatic carbocycles. The highest BCUT2D eigenvalue weighted by molar-refractivity contribution is 7.92. The first kappa shape index (κ1) is 12.8. The lowest BCUT2D eigenvalue weighted by molar-refractivity contribution is 0.554. The molecule has 0 radical (unpaired) electrons. The molecule has 0 atom stereocenters. The summed E-state index contributed by atoms with van der Waals surface area (Å²) in [6, 6.07) is 0. The number of hydrogen-bond acceptors (Lipinski definition) is 3. The molecular weight excluding hydrogens is 208 g/mol. The minimum atomic E-state index is -3.29. The first-order valence-electron chi connectivity index (χ1n) is 4.09. The Morgan fingerprint density at radius 2 is 2.08 bits per heavy atom. The minimum absolute atomic E-state index is 0.00273. The summed E-state index contributed by atoms with van der Waals surface area (Å²) in [6.45, 7) is 4.51. The molecule has 0 saturated heterocycles. The lowest BCUT2D eigenvalue weighted by Crippen LogP contribution is -2.33. The number of hydrogen-bond donors (Lipinski definition) is 2. The van der Waals surface area contributed by atoms with E-state index in [4.69, 9.17) is 5.73 Å². The van der Waals surface area contributed by atoms with E-state index in [2.05, 4.69) is 16.9 Å². The van der Waals surface area contributed by atoms with E-state index >= 15 is 0 Å². The second kappa shape index (κ2) is 5.51. The minimum Gasteiger partial charge on any atom is -0.392 e. The molecule has 0 saturated carbocycles. The second-order valence-corrected chi connectivity index (χ2v) is 5.63. The van der Waals surface area contributed by atoms with Gasteiger partial charge in [0.1, 0.15) is 5.75 Å². The molecule has 6 heteroatoms. The van der Waals surface area contributed by atoms with Crippen LogP contribution in [-0.2, 0) is 10.0 Å². The van der Waals surface area contributed by atoms with Crippen molar-refractivity contribution in [1.29, 1.82) is 0 Å². The highest BCUT2D eigenvalue weighted by Gasteiger charge is 2.10. The maximum Gasteiger partial charge on any atom is 0.218 e. The largest absolute Gasteiger partial charge is 0.392 e. The Bertz CT molecular complexity index is 260. The Kier molecular flexibility index (Phi) is 5.43. The molecule has 78 valence electrons. The molecule has 0 bridgehead atoms. The van der Waals surface area contributed by atoms with E-state index in [9.17, 15) is 8.42 Å². The number of nitrogens with one attached hydrogen (secondary N) is 1. The average molecular weight is 224 g/mol. The van der Waals surface area contributed by atoms with Crippen molar-refractivity contribution in [2.45, 2.75) is 20.3 Å². The van der Waals surface area contributed by atoms with Gasteiger partial charge in [0.2, 0.25) is 10.0 Å². The maximum atomic E-state index is 11.1. The van der Waals surface area contributed by atoms with E-state index in [1.807, 2.05) is 13.8 Å². The van der Waals surface area contributed by atoms with E-state index in [1.165, 1.54) is 0 Å². The van der Waals surface area contributed by atoms with E-state index in [0.717, 1.165) is 6.42 Å². The van der Waals surface area contributed by atoms with Gasteiger partial charge >= 0.3 is 0 Å². The first-order valence-corrected chi connectivity index (χ1v) is 6.15. The van der Waals surface area contributed by atoms with Crippen LogP contribution in [0.25, 0.3) is 0 Å². The van der Waals surface area contributed by atoms with Gasteiger partial charge in [-0.05, 0) is 12.3 Å². The molecule has 4 nitrogen and oxygen atoms in total. The third-order valence-electron chi connectivity index (χ3n) is 1.38. The quantitative estimate of drug-likeness (QED) is 0.634. The zero-order valence-corrected chi connectivity index (χ0v) is 9.54. The van der Waals surface area contributed by atoms with E-state index in [1.54, 1.807) is 0 Å². The summed E-state index contributed by atoms with van der Waals surface area (Å²) >= 11 is 4.50. The van der Waals surface area contributed by atoms with Crippen molar-refractivity contribution in [2.75, 3.05) is 12.3 Å². The molecule has 0 aromatic heterocycles. The molecule has 0 heterocycles. The summed E-state index contributed by atoms with van der Waals surface area (Å²) in [5, 5.41) is 0. The van der Waals surface area contributed by atoms with Crippen molar-refractivity contribution >= 4 is 27.2 Å². The zero-order valence-electron chi connectivity index (χ0n) is 7.91. The Morgan fingerprint density at radius 3 is 2.46 bits per heavy atom. The molecule has 0 aromatic rings. The van der Waals surface area contributed by atoms with E-state index < -0.39 is 10.0 Å². The van der Waals surface area contributed by atoms with Crippen LogP contribution in [0.2, 0.25) is 0 Å². The van der Waals surface area contributed by atoms with Crippen molar-refractivity contribution in [3.63, 3.8) is 0 Å². The SMILES string of the molecule is CC(C)CCNS(=O)(=O)CC(N)=S. The van der Waals surface area contributed by atoms with Crippen molar-refractivity contribution in [2.24, 2.45) is 11.7 Å². The van der Waals surface area contributed by atoms with Crippen LogP contribution in [0, 0.1) is 5.92 Å². The van der Waals surface area contributed by atoms with Gasteiger partial charge in [-0.1, -0.05) is 26.1 Å². The first-order chi connectivity index (χ1) is 5.83. The molecule has 0 aliphatic heterocycles. The Balaban J connectivity index is 3.84. The normalized spacial score (nSPS) is 11.9. The number of thiocarbonyl (C=S) groups is 1. The average Bonchev–Trinajstić information content (AvgIpc) is 1.81. The smallest absolute Gasteiger partial charge is 0.218 e. The fourth-order valence-electron chi connectivity index (χ4n) is 0.741. The summed E-state index contributed by atoms with van der Waals surface area (Å²) in [7, 11) is -3.29. The second-order valence-electron chi connectivity index (χ2n) is 3.30. The fraction of sp³-hybridized carbons (Fsp3) is 0.857. The van der Waals surface area contributed by atoms with Gasteiger partial charge in [-0.25, -0.2) is 13.1 Å². The third-order valence-corrected chi connectivity index (χ3v) is 3.04. The Labute approximate surface area is 84.9 Å². The summed E-state index contributed by atoms with van der Waals surface area (Å²) in [5.74, 6) is 0.216. The highest BCUT2D eigenvalue weighted by atomic mass is 32.2. The lowest BCUT2D eigenvalue weighted by atomic mass is 10.1. The summed E-state index contributed by atoms with van der Waals surface area (Å²) in [4.78, 5) is -0.00273. The third kappa shape index (κ3) is 8.14. The predicted molar refractivity (Wildman–Crippen MR) is 58.0 cm³/mol. The van der Waals surface area contributed by atoms with E-state index in [-0.39, 0.29) is 10.7 Å². The maximum absolute atomic E-state index is 11.1. The van der Waals surface area contributed by atoms with Crippen LogP contribution in [0.4, 0.5) is 0 Å². The fourth-order valence-corrected chi connectivity index (χ4v) is 2.11. The number of rotatable bonds is 6. The molecule has 0 fully saturated rings. The molecule has 0 rings (SSSR count). The van der Waals surface area contributed by atoms with Crippen LogP contribution in [0.15, 0.2) is 0 Å². The van der Waals surface area contributed by atoms with Gasteiger partial charge in [0.05, 0.1) is 4.99 Å². The van der Waals surface area contributed by atoms with Crippen molar-refractivity contribution < 1.29 is 8.42 Å². The lowest BCUT2D eigenvalue weighted by Gasteiger charge is -2.06. The van der Waals surface area contributed by atoms with Crippen LogP contribution in [0.3, 0.4) is 0 Å². The van der Waals surface area contributed by atoms with Crippen LogP contribution in [0.5, 0.6) is 0 Å². The molecule has 3 N–H and O–H groups in total. The zero-order chi connectivity index (χ0) is 10.5. The number of nitrogens with two attached hydrogens (primary N) is 1. The molecule has 0 unspecified atom stereocenters. The van der Waals surface area contributed by atoms with Crippen molar-refractivity contribution in [3.05, 3.63) is 0 Å². The van der Waals surface area contributed by atoms with Gasteiger partial charge in [-0.2, -0.15) is 0 Å². The van der Waals surface area contributed by atoms with Gasteiger partial charge < -0.3 is 5.73 Å². The van der Waals surface area contributed by atoms with Crippen molar-refractivity contribution in [1.82, 2.24) is 4.72 Å². The van der Waals surface area contributed by atoms with Gasteiger partial charge in [0.15, 0.2) is 0 Å². The molecule has 0 aliphatic rings. The predicted octanol–water partition coefficient (Wildman–Crippen LogP) is 0.238. The van der Waals surface area contributed by atoms with Crippen LogP contribution in [0.1, 0.15) is 20.3 Å². The van der Waals surface area contributed by atoms with Crippen LogP contribution < -0.4 is 10.5 Å². The van der Waals surface area contributed by atoms with Gasteiger partial charge in [-0.3, -0.25) is 0 Å². The van der Waals surface area contributed by atoms with E-state index in [0.29, 0.717) is 12.5 Å². The topological polar surface area (TPSA) is 72.2 Å². The van der Waals surface area contributed by atoms with Crippen molar-refractivity contribution in [3.8, 4) is 0 Å². The molecular formula is C7H16N2O2S2. The summed E-state index contributed by atoms with van der Waals surface area (Å²) in [6.07, 6.45) is 0.816. The molecule has 0 aromatic carbocycles. The Hall–Kier alpha value is -0.200.